The summed E-state index contributed by atoms with van der Waals surface area (Å²) in [5, 5.41) is 6.76. The van der Waals surface area contributed by atoms with E-state index in [0.717, 1.165) is 5.56 Å². The minimum absolute atomic E-state index is 0.122. The number of aryl methyl sites for hydroxylation is 2. The lowest BCUT2D eigenvalue weighted by Crippen LogP contribution is -2.51. The van der Waals surface area contributed by atoms with Crippen LogP contribution in [0.25, 0.3) is 0 Å². The molecule has 1 aliphatic rings. The fourth-order valence-electron chi connectivity index (χ4n) is 4.25. The molecule has 0 bridgehead atoms. The van der Waals surface area contributed by atoms with Crippen molar-refractivity contribution in [1.29, 1.82) is 0 Å². The topological polar surface area (TPSA) is 105 Å². The Kier molecular flexibility index (Phi) is 7.01. The van der Waals surface area contributed by atoms with Gasteiger partial charge in [0.1, 0.15) is 22.4 Å². The van der Waals surface area contributed by atoms with E-state index in [1.54, 1.807) is 33.1 Å². The summed E-state index contributed by atoms with van der Waals surface area (Å²) in [7, 11) is -2.16. The lowest BCUT2D eigenvalue weighted by atomic mass is 10.0. The molecule has 1 unspecified atom stereocenters. The fourth-order valence-corrected chi connectivity index (χ4v) is 5.96. The highest BCUT2D eigenvalue weighted by molar-refractivity contribution is 7.89. The highest BCUT2D eigenvalue weighted by Crippen LogP contribution is 2.28. The summed E-state index contributed by atoms with van der Waals surface area (Å²) in [6.07, 6.45) is 0. The highest BCUT2D eigenvalue weighted by Gasteiger charge is 2.36. The van der Waals surface area contributed by atoms with E-state index in [-0.39, 0.29) is 29.7 Å². The normalized spacial score (nSPS) is 16.2. The predicted octanol–water partition coefficient (Wildman–Crippen LogP) is 2.99. The van der Waals surface area contributed by atoms with Gasteiger partial charge in [0, 0.05) is 37.9 Å². The standard InChI is InChI=1S/C24H28N4O5S/c1-17-23(18(2)33-26-17)34(30,31)28-14-12-27(13-15-28)22(19-8-5-4-6-9-19)24(29)25-20-10-7-11-21(16-20)32-3/h4-11,16,22H,12-15H2,1-3H3,(H,25,29). The molecule has 3 aromatic rings. The number of ether oxygens (including phenoxy) is 1. The van der Waals surface area contributed by atoms with E-state index in [2.05, 4.69) is 10.5 Å². The van der Waals surface area contributed by atoms with Gasteiger partial charge in [-0.2, -0.15) is 4.31 Å². The Hall–Kier alpha value is -3.21. The molecule has 0 spiro atoms. The number of benzene rings is 2. The van der Waals surface area contributed by atoms with E-state index in [9.17, 15) is 13.2 Å². The molecule has 1 amide bonds. The van der Waals surface area contributed by atoms with Crippen LogP contribution in [0.4, 0.5) is 5.69 Å². The summed E-state index contributed by atoms with van der Waals surface area (Å²) in [6, 6.07) is 16.1. The number of piperazine rings is 1. The molecule has 180 valence electrons. The van der Waals surface area contributed by atoms with Crippen LogP contribution in [-0.2, 0) is 14.8 Å². The first-order valence-electron chi connectivity index (χ1n) is 11.0. The highest BCUT2D eigenvalue weighted by atomic mass is 32.2. The van der Waals surface area contributed by atoms with Crippen LogP contribution < -0.4 is 10.1 Å². The van der Waals surface area contributed by atoms with Gasteiger partial charge < -0.3 is 14.6 Å². The van der Waals surface area contributed by atoms with Gasteiger partial charge in [0.2, 0.25) is 15.9 Å². The summed E-state index contributed by atoms with van der Waals surface area (Å²) in [4.78, 5) is 15.5. The van der Waals surface area contributed by atoms with E-state index in [0.29, 0.717) is 30.2 Å². The molecule has 0 aliphatic carbocycles. The Balaban J connectivity index is 1.54. The zero-order valence-electron chi connectivity index (χ0n) is 19.4. The van der Waals surface area contributed by atoms with Crippen molar-refractivity contribution in [1.82, 2.24) is 14.4 Å². The number of hydrogen-bond donors (Lipinski definition) is 1. The number of methoxy groups -OCH3 is 1. The van der Waals surface area contributed by atoms with Crippen molar-refractivity contribution in [3.63, 3.8) is 0 Å². The third kappa shape index (κ3) is 4.84. The van der Waals surface area contributed by atoms with Gasteiger partial charge in [-0.25, -0.2) is 8.42 Å². The molecule has 0 saturated carbocycles. The number of carbonyl (C=O) groups excluding carboxylic acids is 1. The van der Waals surface area contributed by atoms with Crippen LogP contribution in [0, 0.1) is 13.8 Å². The van der Waals surface area contributed by atoms with Gasteiger partial charge in [0.25, 0.3) is 0 Å². The van der Waals surface area contributed by atoms with E-state index >= 15 is 0 Å². The molecule has 1 N–H and O–H groups in total. The Morgan fingerprint density at radius 1 is 1.06 bits per heavy atom. The van der Waals surface area contributed by atoms with Gasteiger partial charge in [0.05, 0.1) is 7.11 Å². The van der Waals surface area contributed by atoms with Gasteiger partial charge in [-0.05, 0) is 31.5 Å². The van der Waals surface area contributed by atoms with E-state index < -0.39 is 16.1 Å². The average Bonchev–Trinajstić information content (AvgIpc) is 3.19. The molecule has 1 aromatic heterocycles. The molecule has 1 atom stereocenters. The lowest BCUT2D eigenvalue weighted by molar-refractivity contribution is -0.122. The summed E-state index contributed by atoms with van der Waals surface area (Å²) >= 11 is 0. The predicted molar refractivity (Wildman–Crippen MR) is 127 cm³/mol. The van der Waals surface area contributed by atoms with Crippen molar-refractivity contribution < 1.29 is 22.5 Å². The van der Waals surface area contributed by atoms with E-state index in [1.165, 1.54) is 4.31 Å². The van der Waals surface area contributed by atoms with Crippen LogP contribution in [0.1, 0.15) is 23.1 Å². The summed E-state index contributed by atoms with van der Waals surface area (Å²) in [5.41, 5.74) is 1.81. The largest absolute Gasteiger partial charge is 0.497 e. The minimum atomic E-state index is -3.73. The van der Waals surface area contributed by atoms with Gasteiger partial charge in [-0.1, -0.05) is 41.6 Å². The van der Waals surface area contributed by atoms with Crippen molar-refractivity contribution in [3.05, 3.63) is 71.6 Å². The molecule has 1 aliphatic heterocycles. The maximum atomic E-state index is 13.4. The van der Waals surface area contributed by atoms with Crippen LogP contribution >= 0.6 is 0 Å². The Morgan fingerprint density at radius 3 is 2.38 bits per heavy atom. The van der Waals surface area contributed by atoms with E-state index in [4.69, 9.17) is 9.26 Å². The van der Waals surface area contributed by atoms with E-state index in [1.807, 2.05) is 47.4 Å². The maximum absolute atomic E-state index is 13.4. The fraction of sp³-hybridized carbons (Fsp3) is 0.333. The third-order valence-corrected chi connectivity index (χ3v) is 8.05. The molecule has 2 aromatic carbocycles. The number of amides is 1. The average molecular weight is 485 g/mol. The van der Waals surface area contributed by atoms with Crippen molar-refractivity contribution >= 4 is 21.6 Å². The Labute approximate surface area is 199 Å². The molecular weight excluding hydrogens is 456 g/mol. The van der Waals surface area contributed by atoms with Crippen molar-refractivity contribution in [2.75, 3.05) is 38.6 Å². The van der Waals surface area contributed by atoms with Crippen LogP contribution in [0.5, 0.6) is 5.75 Å². The molecule has 34 heavy (non-hydrogen) atoms. The second-order valence-electron chi connectivity index (χ2n) is 8.13. The SMILES string of the molecule is COc1cccc(NC(=O)C(c2ccccc2)N2CCN(S(=O)(=O)c3c(C)noc3C)CC2)c1. The first kappa shape index (κ1) is 23.9. The monoisotopic (exact) mass is 484 g/mol. The molecule has 1 saturated heterocycles. The zero-order valence-corrected chi connectivity index (χ0v) is 20.2. The van der Waals surface area contributed by atoms with Crippen LogP contribution in [0.15, 0.2) is 64.0 Å². The number of hydrogen-bond acceptors (Lipinski definition) is 7. The Morgan fingerprint density at radius 2 is 1.76 bits per heavy atom. The Bertz CT molecular complexity index is 1230. The number of anilines is 1. The van der Waals surface area contributed by atoms with Crippen molar-refractivity contribution in [2.45, 2.75) is 24.8 Å². The number of sulfonamides is 1. The van der Waals surface area contributed by atoms with Gasteiger partial charge in [-0.15, -0.1) is 0 Å². The van der Waals surface area contributed by atoms with Crippen LogP contribution in [0.3, 0.4) is 0 Å². The second-order valence-corrected chi connectivity index (χ2v) is 10.0. The zero-order chi connectivity index (χ0) is 24.3. The molecular formula is C24H28N4O5S. The van der Waals surface area contributed by atoms with Gasteiger partial charge in [0.15, 0.2) is 5.76 Å². The number of rotatable bonds is 7. The molecule has 2 heterocycles. The molecule has 9 nitrogen and oxygen atoms in total. The van der Waals surface area contributed by atoms with Gasteiger partial charge >= 0.3 is 0 Å². The van der Waals surface area contributed by atoms with Crippen molar-refractivity contribution in [2.24, 2.45) is 0 Å². The number of aromatic nitrogens is 1. The van der Waals surface area contributed by atoms with Crippen LogP contribution in [0.2, 0.25) is 0 Å². The summed E-state index contributed by atoms with van der Waals surface area (Å²) in [5.74, 6) is 0.730. The smallest absolute Gasteiger partial charge is 0.248 e. The maximum Gasteiger partial charge on any atom is 0.248 e. The number of carbonyl (C=O) groups is 1. The molecule has 4 rings (SSSR count). The van der Waals surface area contributed by atoms with Crippen molar-refractivity contribution in [3.8, 4) is 5.75 Å². The van der Waals surface area contributed by atoms with Gasteiger partial charge in [-0.3, -0.25) is 9.69 Å². The first-order chi connectivity index (χ1) is 16.3. The molecule has 0 radical (unpaired) electrons. The van der Waals surface area contributed by atoms with Crippen LogP contribution in [-0.4, -0.2) is 62.0 Å². The summed E-state index contributed by atoms with van der Waals surface area (Å²) in [6.45, 7) is 4.51. The number of nitrogens with one attached hydrogen (secondary N) is 1. The lowest BCUT2D eigenvalue weighted by Gasteiger charge is -2.38. The second kappa shape index (κ2) is 9.96. The number of nitrogens with zero attached hydrogens (tertiary/aromatic N) is 3. The minimum Gasteiger partial charge on any atom is -0.497 e. The molecule has 1 fully saturated rings. The first-order valence-corrected chi connectivity index (χ1v) is 12.4. The summed E-state index contributed by atoms with van der Waals surface area (Å²) < 4.78 is 38.1. The quantitative estimate of drug-likeness (QED) is 0.550. The third-order valence-electron chi connectivity index (χ3n) is 5.91. The molecule has 10 heteroatoms.